The van der Waals surface area contributed by atoms with Gasteiger partial charge in [-0.2, -0.15) is 0 Å². The van der Waals surface area contributed by atoms with Gasteiger partial charge in [0.15, 0.2) is 0 Å². The Morgan fingerprint density at radius 3 is 2.64 bits per heavy atom. The van der Waals surface area contributed by atoms with Gasteiger partial charge in [0.05, 0.1) is 0 Å². The fourth-order valence-corrected chi connectivity index (χ4v) is 1.82. The lowest BCUT2D eigenvalue weighted by Crippen LogP contribution is -2.38. The number of hydrogen-bond acceptors (Lipinski definition) is 1. The van der Waals surface area contributed by atoms with Crippen molar-refractivity contribution in [3.63, 3.8) is 0 Å². The van der Waals surface area contributed by atoms with Crippen LogP contribution in [0.4, 0.5) is 8.78 Å². The molecule has 14 heavy (non-hydrogen) atoms. The number of likely N-dealkylation sites (tertiary alicyclic amines) is 1. The van der Waals surface area contributed by atoms with E-state index in [1.165, 1.54) is 6.92 Å². The molecule has 1 fully saturated rings. The van der Waals surface area contributed by atoms with Gasteiger partial charge in [-0.3, -0.25) is 4.79 Å². The average molecular weight is 205 g/mol. The molecule has 0 aromatic heterocycles. The zero-order valence-electron chi connectivity index (χ0n) is 8.72. The number of carbonyl (C=O) groups excluding carboxylic acids is 1. The standard InChI is InChI=1S/C10H17F2NO/c1-3-10(11,12)7-8(2)13-6-4-5-9(13)14/h8H,3-7H2,1-2H3. The predicted octanol–water partition coefficient (Wildman–Crippen LogP) is 2.43. The fraction of sp³-hybridized carbons (Fsp3) is 0.900. The summed E-state index contributed by atoms with van der Waals surface area (Å²) in [5.74, 6) is -2.62. The molecule has 82 valence electrons. The lowest BCUT2D eigenvalue weighted by atomic mass is 10.1. The molecule has 1 rings (SSSR count). The minimum Gasteiger partial charge on any atom is -0.340 e. The van der Waals surface area contributed by atoms with Crippen LogP contribution in [-0.4, -0.2) is 29.3 Å². The molecular formula is C10H17F2NO. The first kappa shape index (κ1) is 11.4. The van der Waals surface area contributed by atoms with Crippen molar-refractivity contribution < 1.29 is 13.6 Å². The van der Waals surface area contributed by atoms with Crippen molar-refractivity contribution in [2.45, 2.75) is 51.5 Å². The Hall–Kier alpha value is -0.670. The second-order valence-corrected chi connectivity index (χ2v) is 3.95. The highest BCUT2D eigenvalue weighted by Gasteiger charge is 2.34. The van der Waals surface area contributed by atoms with Gasteiger partial charge < -0.3 is 4.90 Å². The molecule has 1 aliphatic heterocycles. The van der Waals surface area contributed by atoms with Crippen LogP contribution in [0.1, 0.15) is 39.5 Å². The SMILES string of the molecule is CCC(F)(F)CC(C)N1CCCC1=O. The third-order valence-corrected chi connectivity index (χ3v) is 2.75. The van der Waals surface area contributed by atoms with E-state index >= 15 is 0 Å². The maximum atomic E-state index is 13.0. The van der Waals surface area contributed by atoms with Gasteiger partial charge >= 0.3 is 0 Å². The predicted molar refractivity (Wildman–Crippen MR) is 50.3 cm³/mol. The summed E-state index contributed by atoms with van der Waals surface area (Å²) in [6.45, 7) is 3.81. The third kappa shape index (κ3) is 2.66. The largest absolute Gasteiger partial charge is 0.340 e. The molecule has 1 saturated heterocycles. The highest BCUT2D eigenvalue weighted by molar-refractivity contribution is 5.78. The van der Waals surface area contributed by atoms with Crippen LogP contribution >= 0.6 is 0 Å². The molecule has 0 aromatic carbocycles. The maximum Gasteiger partial charge on any atom is 0.249 e. The smallest absolute Gasteiger partial charge is 0.249 e. The maximum absolute atomic E-state index is 13.0. The minimum atomic E-state index is -2.64. The summed E-state index contributed by atoms with van der Waals surface area (Å²) >= 11 is 0. The van der Waals surface area contributed by atoms with Gasteiger partial charge in [-0.05, 0) is 13.3 Å². The van der Waals surface area contributed by atoms with E-state index < -0.39 is 5.92 Å². The van der Waals surface area contributed by atoms with Crippen LogP contribution in [0.15, 0.2) is 0 Å². The van der Waals surface area contributed by atoms with E-state index in [0.717, 1.165) is 6.42 Å². The van der Waals surface area contributed by atoms with Crippen molar-refractivity contribution in [2.24, 2.45) is 0 Å². The third-order valence-electron chi connectivity index (χ3n) is 2.75. The van der Waals surface area contributed by atoms with Crippen LogP contribution in [0.2, 0.25) is 0 Å². The molecular weight excluding hydrogens is 188 g/mol. The number of hydrogen-bond donors (Lipinski definition) is 0. The molecule has 0 radical (unpaired) electrons. The normalized spacial score (nSPS) is 20.3. The molecule has 0 spiro atoms. The van der Waals surface area contributed by atoms with E-state index in [1.54, 1.807) is 11.8 Å². The number of rotatable bonds is 4. The second kappa shape index (κ2) is 4.24. The van der Waals surface area contributed by atoms with Gasteiger partial charge in [-0.25, -0.2) is 8.78 Å². The van der Waals surface area contributed by atoms with Crippen LogP contribution in [0.25, 0.3) is 0 Å². The topological polar surface area (TPSA) is 20.3 Å². The quantitative estimate of drug-likeness (QED) is 0.690. The molecule has 4 heteroatoms. The van der Waals surface area contributed by atoms with Crippen LogP contribution < -0.4 is 0 Å². The molecule has 0 aliphatic carbocycles. The summed E-state index contributed by atoms with van der Waals surface area (Å²) in [4.78, 5) is 12.8. The Morgan fingerprint density at radius 1 is 1.57 bits per heavy atom. The summed E-state index contributed by atoms with van der Waals surface area (Å²) in [5, 5.41) is 0. The van der Waals surface area contributed by atoms with Crippen molar-refractivity contribution >= 4 is 5.91 Å². The molecule has 0 saturated carbocycles. The summed E-state index contributed by atoms with van der Waals surface area (Å²) < 4.78 is 26.1. The Bertz CT molecular complexity index is 218. The van der Waals surface area contributed by atoms with E-state index in [4.69, 9.17) is 0 Å². The first-order valence-corrected chi connectivity index (χ1v) is 5.13. The van der Waals surface area contributed by atoms with Crippen molar-refractivity contribution in [2.75, 3.05) is 6.54 Å². The molecule has 1 amide bonds. The second-order valence-electron chi connectivity index (χ2n) is 3.95. The monoisotopic (exact) mass is 205 g/mol. The van der Waals surface area contributed by atoms with Gasteiger partial charge in [-0.15, -0.1) is 0 Å². The van der Waals surface area contributed by atoms with Gasteiger partial charge in [0.1, 0.15) is 0 Å². The summed E-state index contributed by atoms with van der Waals surface area (Å²) in [6.07, 6.45) is 0.956. The van der Waals surface area contributed by atoms with Crippen molar-refractivity contribution in [3.05, 3.63) is 0 Å². The molecule has 1 unspecified atom stereocenters. The highest BCUT2D eigenvalue weighted by Crippen LogP contribution is 2.27. The fourth-order valence-electron chi connectivity index (χ4n) is 1.82. The number of halogens is 2. The molecule has 1 atom stereocenters. The number of carbonyl (C=O) groups is 1. The molecule has 1 heterocycles. The van der Waals surface area contributed by atoms with Crippen molar-refractivity contribution in [3.8, 4) is 0 Å². The van der Waals surface area contributed by atoms with Crippen LogP contribution in [-0.2, 0) is 4.79 Å². The van der Waals surface area contributed by atoms with Gasteiger partial charge in [0.25, 0.3) is 0 Å². The van der Waals surface area contributed by atoms with Crippen LogP contribution in [0.5, 0.6) is 0 Å². The van der Waals surface area contributed by atoms with Crippen LogP contribution in [0.3, 0.4) is 0 Å². The van der Waals surface area contributed by atoms with E-state index in [0.29, 0.717) is 13.0 Å². The molecule has 0 aromatic rings. The Labute approximate surface area is 83.3 Å². The van der Waals surface area contributed by atoms with E-state index in [1.807, 2.05) is 0 Å². The Morgan fingerprint density at radius 2 is 2.21 bits per heavy atom. The van der Waals surface area contributed by atoms with E-state index in [9.17, 15) is 13.6 Å². The van der Waals surface area contributed by atoms with Gasteiger partial charge in [0.2, 0.25) is 11.8 Å². The van der Waals surface area contributed by atoms with Crippen molar-refractivity contribution in [1.29, 1.82) is 0 Å². The zero-order chi connectivity index (χ0) is 10.8. The first-order chi connectivity index (χ1) is 6.46. The van der Waals surface area contributed by atoms with E-state index in [-0.39, 0.29) is 24.8 Å². The molecule has 0 bridgehead atoms. The molecule has 2 nitrogen and oxygen atoms in total. The summed E-state index contributed by atoms with van der Waals surface area (Å²) in [5.41, 5.74) is 0. The number of nitrogens with zero attached hydrogens (tertiary/aromatic N) is 1. The summed E-state index contributed by atoms with van der Waals surface area (Å²) in [7, 11) is 0. The molecule has 0 N–H and O–H groups in total. The Balaban J connectivity index is 2.49. The van der Waals surface area contributed by atoms with Gasteiger partial charge in [0, 0.05) is 31.8 Å². The van der Waals surface area contributed by atoms with Crippen molar-refractivity contribution in [1.82, 2.24) is 4.90 Å². The lowest BCUT2D eigenvalue weighted by Gasteiger charge is -2.27. The average Bonchev–Trinajstić information content (AvgIpc) is 2.51. The molecule has 1 aliphatic rings. The highest BCUT2D eigenvalue weighted by atomic mass is 19.3. The Kier molecular flexibility index (Phi) is 3.45. The lowest BCUT2D eigenvalue weighted by molar-refractivity contribution is -0.131. The number of alkyl halides is 2. The van der Waals surface area contributed by atoms with E-state index in [2.05, 4.69) is 0 Å². The summed E-state index contributed by atoms with van der Waals surface area (Å²) in [6, 6.07) is -0.333. The van der Waals surface area contributed by atoms with Crippen LogP contribution in [0, 0.1) is 0 Å². The number of amides is 1. The van der Waals surface area contributed by atoms with Gasteiger partial charge in [-0.1, -0.05) is 6.92 Å². The minimum absolute atomic E-state index is 0.0180. The first-order valence-electron chi connectivity index (χ1n) is 5.13. The zero-order valence-corrected chi connectivity index (χ0v) is 8.72.